The first-order valence-electron chi connectivity index (χ1n) is 5.26. The summed E-state index contributed by atoms with van der Waals surface area (Å²) in [7, 11) is 1.66. The van der Waals surface area contributed by atoms with Gasteiger partial charge in [-0.05, 0) is 23.8 Å². The van der Waals surface area contributed by atoms with Crippen molar-refractivity contribution in [2.75, 3.05) is 7.11 Å². The van der Waals surface area contributed by atoms with Crippen molar-refractivity contribution < 1.29 is 4.74 Å². The largest absolute Gasteiger partial charge is 0.497 e. The Morgan fingerprint density at radius 2 is 2.29 bits per heavy atom. The Kier molecular flexibility index (Phi) is 3.81. The average Bonchev–Trinajstić information content (AvgIpc) is 2.80. The van der Waals surface area contributed by atoms with Crippen LogP contribution >= 0.6 is 15.9 Å². The van der Waals surface area contributed by atoms with Gasteiger partial charge in [0.2, 0.25) is 0 Å². The van der Waals surface area contributed by atoms with Crippen LogP contribution in [0.3, 0.4) is 0 Å². The molecule has 1 heterocycles. The van der Waals surface area contributed by atoms with E-state index >= 15 is 0 Å². The smallest absolute Gasteiger partial charge is 0.119 e. The summed E-state index contributed by atoms with van der Waals surface area (Å²) in [6.07, 6.45) is 3.74. The number of ether oxygens (including phenoxy) is 1. The van der Waals surface area contributed by atoms with Gasteiger partial charge in [0.05, 0.1) is 19.1 Å². The number of nitrogens with two attached hydrogens (primary N) is 1. The second-order valence-electron chi connectivity index (χ2n) is 3.70. The Morgan fingerprint density at radius 1 is 1.47 bits per heavy atom. The Hall–Kier alpha value is -1.33. The standard InChI is InChI=1S/C12H14BrN3O/c1-17-11-2-3-12(13)9(4-11)6-16-7-10(5-14)15-8-16/h2-4,7-8H,5-6,14H2,1H3. The summed E-state index contributed by atoms with van der Waals surface area (Å²) in [5, 5.41) is 0. The zero-order valence-corrected chi connectivity index (χ0v) is 11.1. The molecule has 0 fully saturated rings. The minimum Gasteiger partial charge on any atom is -0.497 e. The minimum atomic E-state index is 0.465. The molecule has 0 aliphatic rings. The van der Waals surface area contributed by atoms with Crippen LogP contribution in [-0.4, -0.2) is 16.7 Å². The molecule has 0 amide bonds. The maximum absolute atomic E-state index is 5.53. The molecule has 0 spiro atoms. The van der Waals surface area contributed by atoms with Crippen molar-refractivity contribution in [2.45, 2.75) is 13.1 Å². The van der Waals surface area contributed by atoms with E-state index in [1.54, 1.807) is 13.4 Å². The van der Waals surface area contributed by atoms with Crippen LogP contribution in [0, 0.1) is 0 Å². The van der Waals surface area contributed by atoms with Crippen LogP contribution < -0.4 is 10.5 Å². The van der Waals surface area contributed by atoms with Gasteiger partial charge in [0.1, 0.15) is 5.75 Å². The fourth-order valence-corrected chi connectivity index (χ4v) is 1.97. The van der Waals surface area contributed by atoms with E-state index in [1.807, 2.05) is 29.0 Å². The van der Waals surface area contributed by atoms with Crippen LogP contribution in [0.25, 0.3) is 0 Å². The summed E-state index contributed by atoms with van der Waals surface area (Å²) in [6, 6.07) is 5.91. The van der Waals surface area contributed by atoms with Crippen molar-refractivity contribution in [2.24, 2.45) is 5.73 Å². The first-order valence-corrected chi connectivity index (χ1v) is 6.05. The van der Waals surface area contributed by atoms with E-state index in [0.717, 1.165) is 28.0 Å². The second-order valence-corrected chi connectivity index (χ2v) is 4.55. The quantitative estimate of drug-likeness (QED) is 0.940. The zero-order chi connectivity index (χ0) is 12.3. The Balaban J connectivity index is 2.22. The van der Waals surface area contributed by atoms with Crippen LogP contribution in [-0.2, 0) is 13.1 Å². The van der Waals surface area contributed by atoms with Gasteiger partial charge in [-0.25, -0.2) is 4.98 Å². The molecule has 90 valence electrons. The van der Waals surface area contributed by atoms with Gasteiger partial charge in [0, 0.05) is 23.8 Å². The second kappa shape index (κ2) is 5.33. The molecule has 1 aromatic carbocycles. The molecule has 0 atom stereocenters. The summed E-state index contributed by atoms with van der Waals surface area (Å²) in [4.78, 5) is 4.19. The van der Waals surface area contributed by atoms with Crippen molar-refractivity contribution in [3.8, 4) is 5.75 Å². The van der Waals surface area contributed by atoms with E-state index in [1.165, 1.54) is 0 Å². The van der Waals surface area contributed by atoms with E-state index in [0.29, 0.717) is 6.54 Å². The van der Waals surface area contributed by atoms with E-state index in [-0.39, 0.29) is 0 Å². The Labute approximate surface area is 109 Å². The molecule has 0 aliphatic heterocycles. The summed E-state index contributed by atoms with van der Waals surface area (Å²) in [6.45, 7) is 1.21. The molecule has 2 aromatic rings. The zero-order valence-electron chi connectivity index (χ0n) is 9.56. The van der Waals surface area contributed by atoms with Crippen LogP contribution in [0.4, 0.5) is 0 Å². The summed E-state index contributed by atoms with van der Waals surface area (Å²) >= 11 is 3.53. The molecule has 4 nitrogen and oxygen atoms in total. The molecule has 0 radical (unpaired) electrons. The molecule has 2 N–H and O–H groups in total. The molecular formula is C12H14BrN3O. The lowest BCUT2D eigenvalue weighted by atomic mass is 10.2. The van der Waals surface area contributed by atoms with Gasteiger partial charge in [-0.1, -0.05) is 15.9 Å². The van der Waals surface area contributed by atoms with Crippen molar-refractivity contribution in [3.63, 3.8) is 0 Å². The third kappa shape index (κ3) is 2.87. The van der Waals surface area contributed by atoms with Crippen LogP contribution in [0.2, 0.25) is 0 Å². The number of hydrogen-bond donors (Lipinski definition) is 1. The van der Waals surface area contributed by atoms with Gasteiger partial charge in [-0.3, -0.25) is 0 Å². The van der Waals surface area contributed by atoms with E-state index < -0.39 is 0 Å². The molecule has 0 unspecified atom stereocenters. The van der Waals surface area contributed by atoms with Crippen LogP contribution in [0.15, 0.2) is 35.2 Å². The highest BCUT2D eigenvalue weighted by Gasteiger charge is 2.04. The van der Waals surface area contributed by atoms with Crippen molar-refractivity contribution in [3.05, 3.63) is 46.5 Å². The van der Waals surface area contributed by atoms with Crippen molar-refractivity contribution in [1.82, 2.24) is 9.55 Å². The van der Waals surface area contributed by atoms with Crippen molar-refractivity contribution in [1.29, 1.82) is 0 Å². The van der Waals surface area contributed by atoms with Gasteiger partial charge in [0.25, 0.3) is 0 Å². The summed E-state index contributed by atoms with van der Waals surface area (Å²) in [5.74, 6) is 0.849. The number of benzene rings is 1. The van der Waals surface area contributed by atoms with Gasteiger partial charge in [-0.2, -0.15) is 0 Å². The lowest BCUT2D eigenvalue weighted by molar-refractivity contribution is 0.414. The first kappa shape index (κ1) is 12.1. The predicted octanol–water partition coefficient (Wildman–Crippen LogP) is 2.16. The maximum Gasteiger partial charge on any atom is 0.119 e. The molecule has 0 bridgehead atoms. The molecule has 0 saturated heterocycles. The highest BCUT2D eigenvalue weighted by molar-refractivity contribution is 9.10. The molecule has 1 aromatic heterocycles. The fraction of sp³-hybridized carbons (Fsp3) is 0.250. The first-order chi connectivity index (χ1) is 8.22. The topological polar surface area (TPSA) is 53.1 Å². The Morgan fingerprint density at radius 3 is 2.94 bits per heavy atom. The highest BCUT2D eigenvalue weighted by Crippen LogP contribution is 2.23. The predicted molar refractivity (Wildman–Crippen MR) is 69.9 cm³/mol. The molecule has 2 rings (SSSR count). The van der Waals surface area contributed by atoms with Gasteiger partial charge < -0.3 is 15.0 Å². The molecule has 0 saturated carbocycles. The third-order valence-corrected chi connectivity index (χ3v) is 3.28. The van der Waals surface area contributed by atoms with Gasteiger partial charge >= 0.3 is 0 Å². The molecule has 0 aliphatic carbocycles. The summed E-state index contributed by atoms with van der Waals surface area (Å²) in [5.41, 5.74) is 7.56. The minimum absolute atomic E-state index is 0.465. The van der Waals surface area contributed by atoms with Crippen molar-refractivity contribution >= 4 is 15.9 Å². The number of hydrogen-bond acceptors (Lipinski definition) is 3. The molecular weight excluding hydrogens is 282 g/mol. The number of methoxy groups -OCH3 is 1. The molecule has 17 heavy (non-hydrogen) atoms. The third-order valence-electron chi connectivity index (χ3n) is 2.50. The normalized spacial score (nSPS) is 10.5. The van der Waals surface area contributed by atoms with E-state index in [2.05, 4.69) is 20.9 Å². The van der Waals surface area contributed by atoms with Crippen LogP contribution in [0.5, 0.6) is 5.75 Å². The molecule has 5 heteroatoms. The lowest BCUT2D eigenvalue weighted by Gasteiger charge is -2.07. The average molecular weight is 296 g/mol. The monoisotopic (exact) mass is 295 g/mol. The lowest BCUT2D eigenvalue weighted by Crippen LogP contribution is -1.99. The number of nitrogens with zero attached hydrogens (tertiary/aromatic N) is 2. The Bertz CT molecular complexity index is 510. The fourth-order valence-electron chi connectivity index (χ4n) is 1.59. The number of halogens is 1. The number of rotatable bonds is 4. The van der Waals surface area contributed by atoms with Gasteiger partial charge in [0.15, 0.2) is 0 Å². The van der Waals surface area contributed by atoms with E-state index in [9.17, 15) is 0 Å². The SMILES string of the molecule is COc1ccc(Br)c(Cn2cnc(CN)c2)c1. The van der Waals surface area contributed by atoms with E-state index in [4.69, 9.17) is 10.5 Å². The highest BCUT2D eigenvalue weighted by atomic mass is 79.9. The number of imidazole rings is 1. The summed E-state index contributed by atoms with van der Waals surface area (Å²) < 4.78 is 8.27. The van der Waals surface area contributed by atoms with Crippen LogP contribution in [0.1, 0.15) is 11.3 Å². The maximum atomic E-state index is 5.53. The van der Waals surface area contributed by atoms with Gasteiger partial charge in [-0.15, -0.1) is 0 Å². The number of aromatic nitrogens is 2.